The van der Waals surface area contributed by atoms with Gasteiger partial charge in [-0.1, -0.05) is 36.4 Å². The number of aryl methyl sites for hydroxylation is 1. The van der Waals surface area contributed by atoms with Crippen LogP contribution in [0.5, 0.6) is 5.75 Å². The van der Waals surface area contributed by atoms with Crippen LogP contribution in [0.15, 0.2) is 48.5 Å². The van der Waals surface area contributed by atoms with Gasteiger partial charge in [-0.05, 0) is 49.4 Å². The first-order chi connectivity index (χ1) is 10.3. The summed E-state index contributed by atoms with van der Waals surface area (Å²) in [6.45, 7) is 2.52. The van der Waals surface area contributed by atoms with Crippen LogP contribution in [-0.4, -0.2) is 12.4 Å². The number of carbonyl (C=O) groups is 1. The van der Waals surface area contributed by atoms with Crippen LogP contribution in [0.25, 0.3) is 0 Å². The van der Waals surface area contributed by atoms with Gasteiger partial charge in [0.2, 0.25) is 0 Å². The highest BCUT2D eigenvalue weighted by molar-refractivity contribution is 6.03. The molecule has 2 nitrogen and oxygen atoms in total. The summed E-state index contributed by atoms with van der Waals surface area (Å²) in [6, 6.07) is 15.9. The van der Waals surface area contributed by atoms with Crippen molar-refractivity contribution in [1.82, 2.24) is 0 Å². The minimum Gasteiger partial charge on any atom is -0.493 e. The molecule has 0 spiro atoms. The zero-order valence-corrected chi connectivity index (χ0v) is 12.3. The van der Waals surface area contributed by atoms with Crippen molar-refractivity contribution >= 4 is 5.78 Å². The molecule has 0 radical (unpaired) electrons. The molecule has 0 aromatic heterocycles. The van der Waals surface area contributed by atoms with Gasteiger partial charge in [-0.3, -0.25) is 4.79 Å². The maximum absolute atomic E-state index is 13.0. The lowest BCUT2D eigenvalue weighted by Gasteiger charge is -2.25. The fourth-order valence-corrected chi connectivity index (χ4v) is 3.17. The van der Waals surface area contributed by atoms with Crippen molar-refractivity contribution in [2.24, 2.45) is 0 Å². The van der Waals surface area contributed by atoms with E-state index in [0.717, 1.165) is 19.3 Å². The number of benzene rings is 2. The molecule has 0 saturated carbocycles. The summed E-state index contributed by atoms with van der Waals surface area (Å²) in [5.74, 6) is 0.857. The van der Waals surface area contributed by atoms with Gasteiger partial charge in [-0.15, -0.1) is 0 Å². The van der Waals surface area contributed by atoms with E-state index in [1.54, 1.807) is 0 Å². The fraction of sp³-hybridized carbons (Fsp3) is 0.316. The third kappa shape index (κ3) is 2.71. The number of ether oxygens (including phenoxy) is 1. The third-order valence-electron chi connectivity index (χ3n) is 4.14. The summed E-state index contributed by atoms with van der Waals surface area (Å²) in [5, 5.41) is 0. The molecule has 108 valence electrons. The summed E-state index contributed by atoms with van der Waals surface area (Å²) in [7, 11) is 0. The largest absolute Gasteiger partial charge is 0.493 e. The summed E-state index contributed by atoms with van der Waals surface area (Å²) in [6.07, 6.45) is 3.08. The molecule has 1 atom stereocenters. The smallest absolute Gasteiger partial charge is 0.174 e. The van der Waals surface area contributed by atoms with Crippen molar-refractivity contribution in [3.05, 3.63) is 65.2 Å². The number of hydrogen-bond donors (Lipinski definition) is 0. The van der Waals surface area contributed by atoms with Gasteiger partial charge in [-0.25, -0.2) is 0 Å². The molecule has 0 fully saturated rings. The van der Waals surface area contributed by atoms with Crippen LogP contribution >= 0.6 is 0 Å². The zero-order valence-electron chi connectivity index (χ0n) is 12.3. The Bertz CT molecular complexity index is 646. The van der Waals surface area contributed by atoms with E-state index < -0.39 is 0 Å². The van der Waals surface area contributed by atoms with Crippen molar-refractivity contribution < 1.29 is 9.53 Å². The SMILES string of the molecule is CCOc1ccccc1C(=O)C1CCCc2ccccc21. The van der Waals surface area contributed by atoms with Crippen LogP contribution in [-0.2, 0) is 6.42 Å². The molecule has 0 saturated heterocycles. The van der Waals surface area contributed by atoms with E-state index in [1.165, 1.54) is 11.1 Å². The molecule has 1 aliphatic carbocycles. The van der Waals surface area contributed by atoms with Crippen molar-refractivity contribution in [3.63, 3.8) is 0 Å². The Morgan fingerprint density at radius 3 is 2.76 bits per heavy atom. The predicted molar refractivity (Wildman–Crippen MR) is 84.1 cm³/mol. The number of rotatable bonds is 4. The second-order valence-electron chi connectivity index (χ2n) is 5.44. The maximum atomic E-state index is 13.0. The van der Waals surface area contributed by atoms with Gasteiger partial charge in [-0.2, -0.15) is 0 Å². The summed E-state index contributed by atoms with van der Waals surface area (Å²) in [5.41, 5.74) is 3.22. The van der Waals surface area contributed by atoms with Crippen molar-refractivity contribution in [2.75, 3.05) is 6.61 Å². The lowest BCUT2D eigenvalue weighted by atomic mass is 9.79. The number of Topliss-reactive ketones (excluding diaryl/α,β-unsaturated/α-hetero) is 1. The highest BCUT2D eigenvalue weighted by Crippen LogP contribution is 2.35. The molecule has 2 aromatic rings. The third-order valence-corrected chi connectivity index (χ3v) is 4.14. The number of hydrogen-bond acceptors (Lipinski definition) is 2. The van der Waals surface area contributed by atoms with Gasteiger partial charge in [0.25, 0.3) is 0 Å². The Labute approximate surface area is 125 Å². The number of fused-ring (bicyclic) bond motifs is 1. The van der Waals surface area contributed by atoms with Gasteiger partial charge in [0, 0.05) is 5.92 Å². The molecule has 3 rings (SSSR count). The van der Waals surface area contributed by atoms with Gasteiger partial charge in [0.1, 0.15) is 5.75 Å². The van der Waals surface area contributed by atoms with Crippen molar-refractivity contribution in [2.45, 2.75) is 32.1 Å². The molecule has 0 aliphatic heterocycles. The predicted octanol–water partition coefficient (Wildman–Crippen LogP) is 4.39. The minimum atomic E-state index is -0.0310. The van der Waals surface area contributed by atoms with Crippen LogP contribution in [0.4, 0.5) is 0 Å². The average molecular weight is 280 g/mol. The molecule has 2 aromatic carbocycles. The molecular formula is C19H20O2. The van der Waals surface area contributed by atoms with Crippen LogP contribution < -0.4 is 4.74 Å². The lowest BCUT2D eigenvalue weighted by Crippen LogP contribution is -2.19. The quantitative estimate of drug-likeness (QED) is 0.776. The van der Waals surface area contributed by atoms with Crippen LogP contribution in [0, 0.1) is 0 Å². The van der Waals surface area contributed by atoms with E-state index in [1.807, 2.05) is 37.3 Å². The topological polar surface area (TPSA) is 26.3 Å². The van der Waals surface area contributed by atoms with E-state index in [9.17, 15) is 4.79 Å². The minimum absolute atomic E-state index is 0.0310. The van der Waals surface area contributed by atoms with Crippen LogP contribution in [0.2, 0.25) is 0 Å². The molecule has 0 N–H and O–H groups in total. The lowest BCUT2D eigenvalue weighted by molar-refractivity contribution is 0.0947. The highest BCUT2D eigenvalue weighted by Gasteiger charge is 2.28. The van der Waals surface area contributed by atoms with Crippen molar-refractivity contribution in [3.8, 4) is 5.75 Å². The highest BCUT2D eigenvalue weighted by atomic mass is 16.5. The number of carbonyl (C=O) groups excluding carboxylic acids is 1. The summed E-state index contributed by atoms with van der Waals surface area (Å²) in [4.78, 5) is 13.0. The Kier molecular flexibility index (Phi) is 4.05. The van der Waals surface area contributed by atoms with Gasteiger partial charge in [0.05, 0.1) is 12.2 Å². The number of para-hydroxylation sites is 1. The van der Waals surface area contributed by atoms with Gasteiger partial charge < -0.3 is 4.74 Å². The Morgan fingerprint density at radius 2 is 1.90 bits per heavy atom. The van der Waals surface area contributed by atoms with E-state index in [2.05, 4.69) is 18.2 Å². The van der Waals surface area contributed by atoms with E-state index >= 15 is 0 Å². The molecular weight excluding hydrogens is 260 g/mol. The molecule has 0 bridgehead atoms. The van der Waals surface area contributed by atoms with Gasteiger partial charge in [0.15, 0.2) is 5.78 Å². The van der Waals surface area contributed by atoms with E-state index in [-0.39, 0.29) is 11.7 Å². The molecule has 21 heavy (non-hydrogen) atoms. The van der Waals surface area contributed by atoms with E-state index in [4.69, 9.17) is 4.74 Å². The molecule has 0 heterocycles. The second kappa shape index (κ2) is 6.13. The first kappa shape index (κ1) is 13.9. The summed E-state index contributed by atoms with van der Waals surface area (Å²) < 4.78 is 5.62. The monoisotopic (exact) mass is 280 g/mol. The fourth-order valence-electron chi connectivity index (χ4n) is 3.17. The van der Waals surface area contributed by atoms with Gasteiger partial charge >= 0.3 is 0 Å². The van der Waals surface area contributed by atoms with Crippen molar-refractivity contribution in [1.29, 1.82) is 0 Å². The molecule has 1 unspecified atom stereocenters. The molecule has 1 aliphatic rings. The molecule has 0 amide bonds. The first-order valence-corrected chi connectivity index (χ1v) is 7.65. The first-order valence-electron chi connectivity index (χ1n) is 7.65. The second-order valence-corrected chi connectivity index (χ2v) is 5.44. The average Bonchev–Trinajstić information content (AvgIpc) is 2.54. The molecule has 2 heteroatoms. The summed E-state index contributed by atoms with van der Waals surface area (Å²) >= 11 is 0. The standard InChI is InChI=1S/C19H20O2/c1-2-21-18-13-6-5-11-17(18)19(20)16-12-7-9-14-8-3-4-10-15(14)16/h3-6,8,10-11,13,16H,2,7,9,12H2,1H3. The Morgan fingerprint density at radius 1 is 1.14 bits per heavy atom. The Hall–Kier alpha value is -2.09. The number of ketones is 1. The normalized spacial score (nSPS) is 17.1. The van der Waals surface area contributed by atoms with Crippen LogP contribution in [0.3, 0.4) is 0 Å². The van der Waals surface area contributed by atoms with E-state index in [0.29, 0.717) is 17.9 Å². The van der Waals surface area contributed by atoms with Crippen LogP contribution in [0.1, 0.15) is 47.2 Å². The zero-order chi connectivity index (χ0) is 14.7. The maximum Gasteiger partial charge on any atom is 0.174 e. The Balaban J connectivity index is 1.97.